The molecule has 0 unspecified atom stereocenters. The van der Waals surface area contributed by atoms with Crippen molar-refractivity contribution >= 4 is 11.7 Å². The van der Waals surface area contributed by atoms with E-state index in [0.717, 1.165) is 0 Å². The largest absolute Gasteiger partial charge is 0.383 e. The molecule has 0 saturated carbocycles. The molecule has 1 amide bonds. The third-order valence-electron chi connectivity index (χ3n) is 2.52. The Kier molecular flexibility index (Phi) is 6.00. The Bertz CT molecular complexity index is 297. The van der Waals surface area contributed by atoms with Gasteiger partial charge in [-0.1, -0.05) is 20.8 Å². The van der Waals surface area contributed by atoms with Crippen LogP contribution in [-0.2, 0) is 9.59 Å². The molecule has 106 valence electrons. The van der Waals surface area contributed by atoms with Gasteiger partial charge in [0, 0.05) is 17.4 Å². The predicted octanol–water partition coefficient (Wildman–Crippen LogP) is 2.05. The number of nitrogens with one attached hydrogen (secondary N) is 1. The Labute approximate surface area is 110 Å². The number of ketones is 1. The normalized spacial score (nSPS) is 14.2. The van der Waals surface area contributed by atoms with E-state index >= 15 is 0 Å². The lowest BCUT2D eigenvalue weighted by atomic mass is 9.87. The lowest BCUT2D eigenvalue weighted by Gasteiger charge is -2.23. The number of carbonyl (C=O) groups is 2. The lowest BCUT2D eigenvalue weighted by Crippen LogP contribution is -2.45. The third kappa shape index (κ3) is 7.43. The van der Waals surface area contributed by atoms with Crippen molar-refractivity contribution in [2.75, 3.05) is 0 Å². The molecule has 0 aromatic heterocycles. The van der Waals surface area contributed by atoms with Gasteiger partial charge in [-0.15, -0.1) is 0 Å². The summed E-state index contributed by atoms with van der Waals surface area (Å²) >= 11 is 0. The van der Waals surface area contributed by atoms with Crippen LogP contribution in [0.4, 0.5) is 0 Å². The molecule has 0 rings (SSSR count). The number of hydrogen-bond acceptors (Lipinski definition) is 3. The zero-order valence-electron chi connectivity index (χ0n) is 12.5. The monoisotopic (exact) mass is 257 g/mol. The van der Waals surface area contributed by atoms with Crippen molar-refractivity contribution in [3.8, 4) is 0 Å². The lowest BCUT2D eigenvalue weighted by molar-refractivity contribution is -0.132. The molecule has 0 fully saturated rings. The molecule has 0 aromatic carbocycles. The summed E-state index contributed by atoms with van der Waals surface area (Å²) in [6.07, 6.45) is 0.235. The maximum atomic E-state index is 11.7. The SMILES string of the molecule is CC(C)(C)NC(=O)[C@@H](O)CCCC(=O)C(C)(C)C. The second-order valence-corrected chi connectivity index (χ2v) is 6.82. The molecule has 0 spiro atoms. The third-order valence-corrected chi connectivity index (χ3v) is 2.52. The van der Waals surface area contributed by atoms with E-state index in [0.29, 0.717) is 19.3 Å². The van der Waals surface area contributed by atoms with E-state index in [-0.39, 0.29) is 22.6 Å². The second kappa shape index (κ2) is 6.32. The van der Waals surface area contributed by atoms with E-state index in [4.69, 9.17) is 0 Å². The second-order valence-electron chi connectivity index (χ2n) is 6.82. The number of aliphatic hydroxyl groups is 1. The summed E-state index contributed by atoms with van der Waals surface area (Å²) in [5, 5.41) is 12.4. The summed E-state index contributed by atoms with van der Waals surface area (Å²) in [5.41, 5.74) is -0.697. The first-order valence-corrected chi connectivity index (χ1v) is 6.47. The number of aliphatic hydroxyl groups excluding tert-OH is 1. The van der Waals surface area contributed by atoms with E-state index in [9.17, 15) is 14.7 Å². The number of carbonyl (C=O) groups excluding carboxylic acids is 2. The standard InChI is InChI=1S/C14H27NO3/c1-13(2,3)11(17)9-7-8-10(16)12(18)15-14(4,5)6/h10,16H,7-9H2,1-6H3,(H,15,18)/t10-/m0/s1. The van der Waals surface area contributed by atoms with Crippen LogP contribution in [0.3, 0.4) is 0 Å². The molecule has 4 nitrogen and oxygen atoms in total. The molecule has 0 aliphatic heterocycles. The Hall–Kier alpha value is -0.900. The van der Waals surface area contributed by atoms with Gasteiger partial charge in [0.05, 0.1) is 0 Å². The van der Waals surface area contributed by atoms with Gasteiger partial charge in [-0.3, -0.25) is 9.59 Å². The van der Waals surface area contributed by atoms with Crippen LogP contribution < -0.4 is 5.32 Å². The van der Waals surface area contributed by atoms with Crippen LogP contribution in [0.25, 0.3) is 0 Å². The fourth-order valence-corrected chi connectivity index (χ4v) is 1.41. The fraction of sp³-hybridized carbons (Fsp3) is 0.857. The molecule has 4 heteroatoms. The van der Waals surface area contributed by atoms with E-state index in [1.807, 2.05) is 41.5 Å². The average molecular weight is 257 g/mol. The summed E-state index contributed by atoms with van der Waals surface area (Å²) in [4.78, 5) is 23.2. The Morgan fingerprint density at radius 1 is 1.11 bits per heavy atom. The zero-order valence-corrected chi connectivity index (χ0v) is 12.5. The minimum atomic E-state index is -1.03. The quantitative estimate of drug-likeness (QED) is 0.792. The highest BCUT2D eigenvalue weighted by atomic mass is 16.3. The Balaban J connectivity index is 4.02. The van der Waals surface area contributed by atoms with E-state index in [1.54, 1.807) is 0 Å². The molecule has 1 atom stereocenters. The first-order chi connectivity index (χ1) is 7.93. The Morgan fingerprint density at radius 2 is 1.61 bits per heavy atom. The highest BCUT2D eigenvalue weighted by molar-refractivity contribution is 5.84. The van der Waals surface area contributed by atoms with E-state index in [1.165, 1.54) is 0 Å². The van der Waals surface area contributed by atoms with Crippen molar-refractivity contribution in [3.63, 3.8) is 0 Å². The summed E-state index contributed by atoms with van der Waals surface area (Å²) in [5.74, 6) is -0.211. The van der Waals surface area contributed by atoms with Gasteiger partial charge in [-0.05, 0) is 33.6 Å². The molecule has 0 heterocycles. The zero-order chi connectivity index (χ0) is 14.6. The molecule has 0 aliphatic rings. The summed E-state index contributed by atoms with van der Waals surface area (Å²) in [7, 11) is 0. The number of rotatable bonds is 5. The summed E-state index contributed by atoms with van der Waals surface area (Å²) < 4.78 is 0. The van der Waals surface area contributed by atoms with Crippen LogP contribution in [0.1, 0.15) is 60.8 Å². The van der Waals surface area contributed by atoms with Crippen molar-refractivity contribution in [1.82, 2.24) is 5.32 Å². The van der Waals surface area contributed by atoms with Gasteiger partial charge in [-0.25, -0.2) is 0 Å². The minimum Gasteiger partial charge on any atom is -0.383 e. The van der Waals surface area contributed by atoms with Gasteiger partial charge in [0.2, 0.25) is 5.91 Å². The van der Waals surface area contributed by atoms with Crippen LogP contribution >= 0.6 is 0 Å². The van der Waals surface area contributed by atoms with Crippen molar-refractivity contribution in [2.24, 2.45) is 5.41 Å². The molecule has 18 heavy (non-hydrogen) atoms. The van der Waals surface area contributed by atoms with Gasteiger partial charge in [0.1, 0.15) is 11.9 Å². The highest BCUT2D eigenvalue weighted by Gasteiger charge is 2.23. The van der Waals surface area contributed by atoms with Gasteiger partial charge in [0.15, 0.2) is 0 Å². The minimum absolute atomic E-state index is 0.158. The number of amides is 1. The predicted molar refractivity (Wildman–Crippen MR) is 72.2 cm³/mol. The van der Waals surface area contributed by atoms with E-state index in [2.05, 4.69) is 5.32 Å². The van der Waals surface area contributed by atoms with Crippen molar-refractivity contribution < 1.29 is 14.7 Å². The van der Waals surface area contributed by atoms with Crippen molar-refractivity contribution in [1.29, 1.82) is 0 Å². The maximum Gasteiger partial charge on any atom is 0.249 e. The average Bonchev–Trinajstić information content (AvgIpc) is 2.12. The molecule has 0 saturated heterocycles. The Morgan fingerprint density at radius 3 is 2.00 bits per heavy atom. The molecule has 0 radical (unpaired) electrons. The van der Waals surface area contributed by atoms with Crippen LogP contribution in [-0.4, -0.2) is 28.4 Å². The van der Waals surface area contributed by atoms with Gasteiger partial charge >= 0.3 is 0 Å². The van der Waals surface area contributed by atoms with E-state index < -0.39 is 6.10 Å². The number of hydrogen-bond donors (Lipinski definition) is 2. The topological polar surface area (TPSA) is 66.4 Å². The molecule has 2 N–H and O–H groups in total. The maximum absolute atomic E-state index is 11.7. The molecular weight excluding hydrogens is 230 g/mol. The van der Waals surface area contributed by atoms with Gasteiger partial charge < -0.3 is 10.4 Å². The van der Waals surface area contributed by atoms with Gasteiger partial charge in [0.25, 0.3) is 0 Å². The summed E-state index contributed by atoms with van der Waals surface area (Å²) in [6.45, 7) is 11.2. The summed E-state index contributed by atoms with van der Waals surface area (Å²) in [6, 6.07) is 0. The first-order valence-electron chi connectivity index (χ1n) is 6.47. The first kappa shape index (κ1) is 17.1. The van der Waals surface area contributed by atoms with Crippen molar-refractivity contribution in [3.05, 3.63) is 0 Å². The number of Topliss-reactive ketones (excluding diaryl/α,β-unsaturated/α-hetero) is 1. The molecular formula is C14H27NO3. The van der Waals surface area contributed by atoms with Gasteiger partial charge in [-0.2, -0.15) is 0 Å². The highest BCUT2D eigenvalue weighted by Crippen LogP contribution is 2.18. The molecule has 0 aliphatic carbocycles. The fourth-order valence-electron chi connectivity index (χ4n) is 1.41. The van der Waals surface area contributed by atoms with Crippen LogP contribution in [0, 0.1) is 5.41 Å². The van der Waals surface area contributed by atoms with Crippen molar-refractivity contribution in [2.45, 2.75) is 72.4 Å². The molecule has 0 bridgehead atoms. The smallest absolute Gasteiger partial charge is 0.249 e. The van der Waals surface area contributed by atoms with Crippen LogP contribution in [0.5, 0.6) is 0 Å². The van der Waals surface area contributed by atoms with Crippen LogP contribution in [0.2, 0.25) is 0 Å². The molecule has 0 aromatic rings. The van der Waals surface area contributed by atoms with Crippen LogP contribution in [0.15, 0.2) is 0 Å².